The minimum Gasteiger partial charge on any atom is -0.326 e. The Labute approximate surface area is 161 Å². The van der Waals surface area contributed by atoms with Crippen molar-refractivity contribution < 1.29 is 9.18 Å². The average Bonchev–Trinajstić information content (AvgIpc) is 2.63. The number of rotatable bonds is 5. The molecule has 3 aromatic rings. The van der Waals surface area contributed by atoms with Crippen molar-refractivity contribution >= 4 is 34.8 Å². The standard InChI is InChI=1S/C21H16Cl2FNO/c22-16-5-1-14(2-6-16)20(15-3-7-17(23)8-4-15)13-21(26)25-19-11-9-18(24)10-12-19/h1-12,20H,13H2,(H,25,26). The Morgan fingerprint density at radius 1 is 0.808 bits per heavy atom. The first-order valence-electron chi connectivity index (χ1n) is 8.07. The number of anilines is 1. The van der Waals surface area contributed by atoms with Gasteiger partial charge in [0.05, 0.1) is 0 Å². The summed E-state index contributed by atoms with van der Waals surface area (Å²) >= 11 is 12.0. The van der Waals surface area contributed by atoms with Crippen LogP contribution in [-0.4, -0.2) is 5.91 Å². The number of carbonyl (C=O) groups is 1. The molecule has 0 unspecified atom stereocenters. The smallest absolute Gasteiger partial charge is 0.225 e. The van der Waals surface area contributed by atoms with Crippen molar-refractivity contribution in [3.8, 4) is 0 Å². The van der Waals surface area contributed by atoms with Crippen molar-refractivity contribution in [2.45, 2.75) is 12.3 Å². The molecule has 26 heavy (non-hydrogen) atoms. The van der Waals surface area contributed by atoms with E-state index in [1.54, 1.807) is 24.3 Å². The Morgan fingerprint density at radius 3 is 1.73 bits per heavy atom. The number of carbonyl (C=O) groups excluding carboxylic acids is 1. The molecule has 0 atom stereocenters. The first-order valence-corrected chi connectivity index (χ1v) is 8.83. The van der Waals surface area contributed by atoms with Crippen LogP contribution in [0.4, 0.5) is 10.1 Å². The molecule has 132 valence electrons. The second kappa shape index (κ2) is 8.35. The maximum Gasteiger partial charge on any atom is 0.225 e. The zero-order valence-electron chi connectivity index (χ0n) is 13.8. The number of hydrogen-bond donors (Lipinski definition) is 1. The lowest BCUT2D eigenvalue weighted by molar-refractivity contribution is -0.116. The van der Waals surface area contributed by atoms with E-state index < -0.39 is 0 Å². The lowest BCUT2D eigenvalue weighted by Gasteiger charge is -2.18. The van der Waals surface area contributed by atoms with Crippen molar-refractivity contribution in [3.05, 3.63) is 99.8 Å². The third-order valence-corrected chi connectivity index (χ3v) is 4.57. The van der Waals surface area contributed by atoms with Crippen LogP contribution in [0, 0.1) is 5.82 Å². The highest BCUT2D eigenvalue weighted by molar-refractivity contribution is 6.30. The van der Waals surface area contributed by atoms with E-state index in [4.69, 9.17) is 23.2 Å². The Bertz CT molecular complexity index is 832. The molecule has 0 saturated carbocycles. The Kier molecular flexibility index (Phi) is 5.92. The third-order valence-electron chi connectivity index (χ3n) is 4.06. The van der Waals surface area contributed by atoms with E-state index in [0.717, 1.165) is 11.1 Å². The lowest BCUT2D eigenvalue weighted by atomic mass is 9.88. The molecular weight excluding hydrogens is 372 g/mol. The Balaban J connectivity index is 1.83. The van der Waals surface area contributed by atoms with Crippen LogP contribution in [0.5, 0.6) is 0 Å². The summed E-state index contributed by atoms with van der Waals surface area (Å²) in [5.74, 6) is -0.653. The molecule has 1 amide bonds. The van der Waals surface area contributed by atoms with E-state index in [9.17, 15) is 9.18 Å². The molecule has 0 aliphatic carbocycles. The summed E-state index contributed by atoms with van der Waals surface area (Å²) < 4.78 is 13.0. The van der Waals surface area contributed by atoms with Gasteiger partial charge in [0.15, 0.2) is 0 Å². The number of halogens is 3. The van der Waals surface area contributed by atoms with Crippen molar-refractivity contribution in [3.63, 3.8) is 0 Å². The van der Waals surface area contributed by atoms with Crippen LogP contribution in [0.1, 0.15) is 23.5 Å². The van der Waals surface area contributed by atoms with Crippen LogP contribution in [0.3, 0.4) is 0 Å². The summed E-state index contributed by atoms with van der Waals surface area (Å²) in [5, 5.41) is 4.08. The number of amides is 1. The van der Waals surface area contributed by atoms with E-state index in [1.807, 2.05) is 24.3 Å². The molecule has 2 nitrogen and oxygen atoms in total. The van der Waals surface area contributed by atoms with Crippen molar-refractivity contribution in [2.24, 2.45) is 0 Å². The molecule has 0 spiro atoms. The molecule has 0 aromatic heterocycles. The molecule has 0 aliphatic rings. The minimum atomic E-state index is -0.344. The zero-order chi connectivity index (χ0) is 18.5. The Hall–Kier alpha value is -2.36. The van der Waals surface area contributed by atoms with Gasteiger partial charge in [-0.2, -0.15) is 0 Å². The highest BCUT2D eigenvalue weighted by Crippen LogP contribution is 2.30. The predicted octanol–water partition coefficient (Wildman–Crippen LogP) is 6.29. The van der Waals surface area contributed by atoms with Crippen LogP contribution >= 0.6 is 23.2 Å². The number of nitrogens with one attached hydrogen (secondary N) is 1. The van der Waals surface area contributed by atoms with E-state index in [1.165, 1.54) is 24.3 Å². The molecule has 0 radical (unpaired) electrons. The highest BCUT2D eigenvalue weighted by Gasteiger charge is 2.18. The molecule has 0 saturated heterocycles. The van der Waals surface area contributed by atoms with E-state index in [-0.39, 0.29) is 24.1 Å². The molecule has 1 N–H and O–H groups in total. The van der Waals surface area contributed by atoms with Gasteiger partial charge < -0.3 is 5.32 Å². The first-order chi connectivity index (χ1) is 12.5. The monoisotopic (exact) mass is 387 g/mol. The summed E-state index contributed by atoms with van der Waals surface area (Å²) in [5.41, 5.74) is 2.51. The lowest BCUT2D eigenvalue weighted by Crippen LogP contribution is -2.16. The molecule has 0 heterocycles. The summed E-state index contributed by atoms with van der Waals surface area (Å²) in [4.78, 5) is 12.5. The number of hydrogen-bond acceptors (Lipinski definition) is 1. The van der Waals surface area contributed by atoms with Crippen LogP contribution in [0.25, 0.3) is 0 Å². The fraction of sp³-hybridized carbons (Fsp3) is 0.0952. The Morgan fingerprint density at radius 2 is 1.27 bits per heavy atom. The SMILES string of the molecule is O=C(CC(c1ccc(Cl)cc1)c1ccc(Cl)cc1)Nc1ccc(F)cc1. The molecule has 0 aliphatic heterocycles. The van der Waals surface area contributed by atoms with E-state index >= 15 is 0 Å². The summed E-state index contributed by atoms with van der Waals surface area (Å²) in [6, 6.07) is 20.5. The fourth-order valence-corrected chi connectivity index (χ4v) is 3.00. The van der Waals surface area contributed by atoms with Gasteiger partial charge in [0.25, 0.3) is 0 Å². The molecule has 5 heteroatoms. The van der Waals surface area contributed by atoms with Crippen molar-refractivity contribution in [1.82, 2.24) is 0 Å². The topological polar surface area (TPSA) is 29.1 Å². The van der Waals surface area contributed by atoms with Crippen LogP contribution in [0.15, 0.2) is 72.8 Å². The molecule has 3 rings (SSSR count). The van der Waals surface area contributed by atoms with Gasteiger partial charge in [-0.25, -0.2) is 4.39 Å². The summed E-state index contributed by atoms with van der Waals surface area (Å²) in [7, 11) is 0. The molecule has 0 fully saturated rings. The van der Waals surface area contributed by atoms with Crippen LogP contribution < -0.4 is 5.32 Å². The predicted molar refractivity (Wildman–Crippen MR) is 104 cm³/mol. The molecular formula is C21H16Cl2FNO. The van der Waals surface area contributed by atoms with E-state index in [2.05, 4.69) is 5.32 Å². The highest BCUT2D eigenvalue weighted by atomic mass is 35.5. The third kappa shape index (κ3) is 4.84. The maximum atomic E-state index is 13.0. The van der Waals surface area contributed by atoms with Gasteiger partial charge in [-0.1, -0.05) is 47.5 Å². The summed E-state index contributed by atoms with van der Waals surface area (Å²) in [6.45, 7) is 0. The maximum absolute atomic E-state index is 13.0. The zero-order valence-corrected chi connectivity index (χ0v) is 15.3. The van der Waals surface area contributed by atoms with E-state index in [0.29, 0.717) is 15.7 Å². The second-order valence-electron chi connectivity index (χ2n) is 5.91. The first kappa shape index (κ1) is 18.4. The van der Waals surface area contributed by atoms with Crippen LogP contribution in [-0.2, 0) is 4.79 Å². The quantitative estimate of drug-likeness (QED) is 0.547. The van der Waals surface area contributed by atoms with Gasteiger partial charge in [0.1, 0.15) is 5.82 Å². The van der Waals surface area contributed by atoms with Gasteiger partial charge in [0.2, 0.25) is 5.91 Å². The van der Waals surface area contributed by atoms with Gasteiger partial charge in [-0.3, -0.25) is 4.79 Å². The molecule has 3 aromatic carbocycles. The fourth-order valence-electron chi connectivity index (χ4n) is 2.75. The van der Waals surface area contributed by atoms with Crippen molar-refractivity contribution in [1.29, 1.82) is 0 Å². The second-order valence-corrected chi connectivity index (χ2v) is 6.79. The molecule has 0 bridgehead atoms. The average molecular weight is 388 g/mol. The largest absolute Gasteiger partial charge is 0.326 e. The van der Waals surface area contributed by atoms with Gasteiger partial charge in [-0.05, 0) is 59.7 Å². The normalized spacial score (nSPS) is 10.8. The van der Waals surface area contributed by atoms with Crippen molar-refractivity contribution in [2.75, 3.05) is 5.32 Å². The van der Waals surface area contributed by atoms with Crippen LogP contribution in [0.2, 0.25) is 10.0 Å². The van der Waals surface area contributed by atoms with Gasteiger partial charge in [0, 0.05) is 28.1 Å². The number of benzene rings is 3. The minimum absolute atomic E-state index is 0.148. The van der Waals surface area contributed by atoms with Gasteiger partial charge >= 0.3 is 0 Å². The summed E-state index contributed by atoms with van der Waals surface area (Å²) in [6.07, 6.45) is 0.237. The van der Waals surface area contributed by atoms with Gasteiger partial charge in [-0.15, -0.1) is 0 Å².